The molecule has 1 aromatic carbocycles. The van der Waals surface area contributed by atoms with Gasteiger partial charge in [0.25, 0.3) is 5.91 Å². The third kappa shape index (κ3) is 5.07. The van der Waals surface area contributed by atoms with Crippen molar-refractivity contribution in [3.05, 3.63) is 76.8 Å². The number of hydrogen-bond donors (Lipinski definition) is 1. The maximum absolute atomic E-state index is 13.1. The third-order valence-electron chi connectivity index (χ3n) is 4.62. The Balaban J connectivity index is 1.63. The zero-order valence-corrected chi connectivity index (χ0v) is 18.7. The highest BCUT2D eigenvalue weighted by Crippen LogP contribution is 2.37. The van der Waals surface area contributed by atoms with Crippen LogP contribution in [0.25, 0.3) is 6.08 Å². The van der Waals surface area contributed by atoms with Gasteiger partial charge in [-0.2, -0.15) is 5.10 Å². The van der Waals surface area contributed by atoms with Gasteiger partial charge in [0.15, 0.2) is 16.7 Å². The third-order valence-corrected chi connectivity index (χ3v) is 5.61. The van der Waals surface area contributed by atoms with Gasteiger partial charge in [-0.3, -0.25) is 14.7 Å². The minimum Gasteiger partial charge on any atom is -0.502 e. The normalized spacial score (nSPS) is 16.3. The number of nitrogens with zero attached hydrogens (tertiary/aromatic N) is 4. The van der Waals surface area contributed by atoms with Gasteiger partial charge in [0.2, 0.25) is 5.75 Å². The molecule has 1 saturated heterocycles. The number of hydrogen-bond acceptors (Lipinski definition) is 9. The summed E-state index contributed by atoms with van der Waals surface area (Å²) in [6.07, 6.45) is 8.14. The zero-order chi connectivity index (χ0) is 23.2. The molecule has 0 atom stereocenters. The molecule has 168 valence electrons. The fourth-order valence-corrected chi connectivity index (χ4v) is 3.96. The summed E-state index contributed by atoms with van der Waals surface area (Å²) >= 11 is 1.21. The number of furan rings is 1. The lowest BCUT2D eigenvalue weighted by atomic mass is 10.2. The van der Waals surface area contributed by atoms with Gasteiger partial charge in [-0.05, 0) is 53.7 Å². The Kier molecular flexibility index (Phi) is 6.75. The van der Waals surface area contributed by atoms with Crippen molar-refractivity contribution >= 4 is 35.1 Å². The SMILES string of the molecule is COc1cc(/C=N\N=C2\S/C(=C\c3cccnc3)C(=O)N2Cc2ccco2)cc(OC)c1O. The number of aromatic hydroxyl groups is 1. The monoisotopic (exact) mass is 464 g/mol. The van der Waals surface area contributed by atoms with Gasteiger partial charge in [0.1, 0.15) is 5.76 Å². The average Bonchev–Trinajstić information content (AvgIpc) is 3.45. The number of carbonyl (C=O) groups excluding carboxylic acids is 1. The van der Waals surface area contributed by atoms with E-state index in [1.54, 1.807) is 55.1 Å². The molecule has 0 radical (unpaired) electrons. The predicted octanol–water partition coefficient (Wildman–Crippen LogP) is 3.90. The number of amidine groups is 1. The number of phenolic OH excluding ortho intramolecular Hbond substituents is 1. The van der Waals surface area contributed by atoms with Crippen LogP contribution in [0.15, 0.2) is 74.6 Å². The van der Waals surface area contributed by atoms with Crippen LogP contribution in [0.5, 0.6) is 17.2 Å². The highest BCUT2D eigenvalue weighted by atomic mass is 32.2. The Morgan fingerprint density at radius 2 is 1.97 bits per heavy atom. The van der Waals surface area contributed by atoms with Crippen LogP contribution >= 0.6 is 11.8 Å². The van der Waals surface area contributed by atoms with Gasteiger partial charge >= 0.3 is 0 Å². The Bertz CT molecular complexity index is 1200. The van der Waals surface area contributed by atoms with E-state index >= 15 is 0 Å². The summed E-state index contributed by atoms with van der Waals surface area (Å²) in [6.45, 7) is 0.221. The molecule has 1 amide bonds. The maximum atomic E-state index is 13.1. The highest BCUT2D eigenvalue weighted by Gasteiger charge is 2.34. The van der Waals surface area contributed by atoms with E-state index in [1.165, 1.54) is 37.1 Å². The van der Waals surface area contributed by atoms with Crippen molar-refractivity contribution in [2.75, 3.05) is 14.2 Å². The number of aromatic nitrogens is 1. The van der Waals surface area contributed by atoms with Crippen LogP contribution in [0.4, 0.5) is 0 Å². The Morgan fingerprint density at radius 3 is 2.61 bits per heavy atom. The van der Waals surface area contributed by atoms with E-state index < -0.39 is 0 Å². The Morgan fingerprint density at radius 1 is 1.18 bits per heavy atom. The van der Waals surface area contributed by atoms with Crippen LogP contribution in [0.3, 0.4) is 0 Å². The standard InChI is InChI=1S/C23H20N4O5S/c1-30-18-9-16(10-19(31-2)21(18)28)13-25-26-23-27(14-17-6-4-8-32-17)22(29)20(33-23)11-15-5-3-7-24-12-15/h3-13,28H,14H2,1-2H3/b20-11-,25-13-,26-23+. The minimum absolute atomic E-state index is 0.102. The second kappa shape index (κ2) is 10.0. The summed E-state index contributed by atoms with van der Waals surface area (Å²) in [5.41, 5.74) is 1.41. The number of amides is 1. The van der Waals surface area contributed by atoms with Crippen LogP contribution < -0.4 is 9.47 Å². The molecular weight excluding hydrogens is 444 g/mol. The molecule has 1 aliphatic heterocycles. The van der Waals surface area contributed by atoms with Crippen LogP contribution in [0, 0.1) is 0 Å². The molecule has 0 unspecified atom stereocenters. The van der Waals surface area contributed by atoms with Crippen LogP contribution in [0.2, 0.25) is 0 Å². The molecule has 3 aromatic rings. The van der Waals surface area contributed by atoms with Crippen molar-refractivity contribution in [3.8, 4) is 17.2 Å². The van der Waals surface area contributed by atoms with Gasteiger partial charge < -0.3 is 19.0 Å². The lowest BCUT2D eigenvalue weighted by Gasteiger charge is -2.12. The van der Waals surface area contributed by atoms with E-state index in [0.29, 0.717) is 21.4 Å². The summed E-state index contributed by atoms with van der Waals surface area (Å²) in [7, 11) is 2.89. The lowest BCUT2D eigenvalue weighted by Crippen LogP contribution is -2.28. The summed E-state index contributed by atoms with van der Waals surface area (Å²) < 4.78 is 15.7. The van der Waals surface area contributed by atoms with Gasteiger partial charge in [0.05, 0.1) is 38.1 Å². The second-order valence-electron chi connectivity index (χ2n) is 6.77. The van der Waals surface area contributed by atoms with E-state index in [-0.39, 0.29) is 29.7 Å². The first kappa shape index (κ1) is 22.2. The molecule has 3 heterocycles. The molecule has 2 aromatic heterocycles. The number of phenols is 1. The van der Waals surface area contributed by atoms with Crippen molar-refractivity contribution in [1.82, 2.24) is 9.88 Å². The van der Waals surface area contributed by atoms with E-state index in [2.05, 4.69) is 15.2 Å². The smallest absolute Gasteiger partial charge is 0.267 e. The van der Waals surface area contributed by atoms with Crippen molar-refractivity contribution in [3.63, 3.8) is 0 Å². The number of benzene rings is 1. The maximum Gasteiger partial charge on any atom is 0.267 e. The molecule has 0 saturated carbocycles. The molecule has 0 bridgehead atoms. The molecule has 33 heavy (non-hydrogen) atoms. The molecule has 0 aliphatic carbocycles. The topological polar surface area (TPSA) is 110 Å². The van der Waals surface area contributed by atoms with E-state index in [9.17, 15) is 9.90 Å². The quantitative estimate of drug-likeness (QED) is 0.321. The molecule has 10 heteroatoms. The van der Waals surface area contributed by atoms with E-state index in [0.717, 1.165) is 5.56 Å². The number of thioether (sulfide) groups is 1. The van der Waals surface area contributed by atoms with E-state index in [4.69, 9.17) is 13.9 Å². The first-order chi connectivity index (χ1) is 16.1. The molecule has 1 aliphatic rings. The lowest BCUT2D eigenvalue weighted by molar-refractivity contribution is -0.122. The van der Waals surface area contributed by atoms with Gasteiger partial charge in [-0.1, -0.05) is 6.07 Å². The van der Waals surface area contributed by atoms with E-state index in [1.807, 2.05) is 6.07 Å². The van der Waals surface area contributed by atoms with Gasteiger partial charge in [-0.15, -0.1) is 5.10 Å². The number of pyridine rings is 1. The second-order valence-corrected chi connectivity index (χ2v) is 7.78. The van der Waals surface area contributed by atoms with Crippen molar-refractivity contribution in [2.24, 2.45) is 10.2 Å². The summed E-state index contributed by atoms with van der Waals surface area (Å²) in [4.78, 5) is 19.1. The van der Waals surface area contributed by atoms with Crippen LogP contribution in [-0.2, 0) is 11.3 Å². The first-order valence-corrected chi connectivity index (χ1v) is 10.6. The Labute approximate surface area is 194 Å². The minimum atomic E-state index is -0.206. The zero-order valence-electron chi connectivity index (χ0n) is 17.8. The molecule has 9 nitrogen and oxygen atoms in total. The molecule has 1 N–H and O–H groups in total. The van der Waals surface area contributed by atoms with Crippen LogP contribution in [0.1, 0.15) is 16.9 Å². The average molecular weight is 465 g/mol. The fraction of sp³-hybridized carbons (Fsp3) is 0.130. The Hall–Kier alpha value is -4.05. The van der Waals surface area contributed by atoms with Crippen molar-refractivity contribution < 1.29 is 23.8 Å². The summed E-state index contributed by atoms with van der Waals surface area (Å²) in [6, 6.07) is 10.4. The first-order valence-electron chi connectivity index (χ1n) is 9.79. The predicted molar refractivity (Wildman–Crippen MR) is 125 cm³/mol. The highest BCUT2D eigenvalue weighted by molar-refractivity contribution is 8.18. The summed E-state index contributed by atoms with van der Waals surface area (Å²) in [5.74, 6) is 0.804. The van der Waals surface area contributed by atoms with Gasteiger partial charge in [0, 0.05) is 18.0 Å². The van der Waals surface area contributed by atoms with Crippen molar-refractivity contribution in [2.45, 2.75) is 6.54 Å². The van der Waals surface area contributed by atoms with Gasteiger partial charge in [-0.25, -0.2) is 0 Å². The van der Waals surface area contributed by atoms with Crippen molar-refractivity contribution in [1.29, 1.82) is 0 Å². The number of carbonyl (C=O) groups is 1. The number of rotatable bonds is 7. The number of ether oxygens (including phenoxy) is 2. The summed E-state index contributed by atoms with van der Waals surface area (Å²) in [5, 5.41) is 18.9. The molecule has 0 spiro atoms. The fourth-order valence-electron chi connectivity index (χ4n) is 3.03. The number of methoxy groups -OCH3 is 2. The molecular formula is C23H20N4O5S. The molecule has 4 rings (SSSR count). The largest absolute Gasteiger partial charge is 0.502 e. The van der Waals surface area contributed by atoms with Crippen LogP contribution in [-0.4, -0.2) is 46.5 Å². The molecule has 1 fully saturated rings.